The second kappa shape index (κ2) is 5.71. The van der Waals surface area contributed by atoms with Crippen molar-refractivity contribution in [2.75, 3.05) is 0 Å². The average Bonchev–Trinajstić information content (AvgIpc) is 2.82. The normalized spacial score (nSPS) is 10.7. The van der Waals surface area contributed by atoms with Gasteiger partial charge in [-0.3, -0.25) is 4.57 Å². The van der Waals surface area contributed by atoms with E-state index in [2.05, 4.69) is 39.7 Å². The second-order valence-electron chi connectivity index (χ2n) is 4.28. The van der Waals surface area contributed by atoms with Crippen LogP contribution in [0.1, 0.15) is 0 Å². The first kappa shape index (κ1) is 13.9. The molecule has 100 valence electrons. The third-order valence-electron chi connectivity index (χ3n) is 3.00. The van der Waals surface area contributed by atoms with Crippen molar-refractivity contribution >= 4 is 46.4 Å². The third-order valence-corrected chi connectivity index (χ3v) is 4.27. The van der Waals surface area contributed by atoms with Crippen LogP contribution in [0.5, 0.6) is 0 Å². The van der Waals surface area contributed by atoms with E-state index in [4.69, 9.17) is 23.8 Å². The van der Waals surface area contributed by atoms with Gasteiger partial charge in [0.25, 0.3) is 0 Å². The highest BCUT2D eigenvalue weighted by molar-refractivity contribution is 14.1. The van der Waals surface area contributed by atoms with Crippen LogP contribution in [0, 0.1) is 8.34 Å². The number of halogens is 2. The van der Waals surface area contributed by atoms with Crippen molar-refractivity contribution in [1.82, 2.24) is 9.55 Å². The minimum Gasteiger partial charge on any atom is -0.336 e. The lowest BCUT2D eigenvalue weighted by Gasteiger charge is -2.10. The molecule has 0 spiro atoms. The predicted molar refractivity (Wildman–Crippen MR) is 94.1 cm³/mol. The van der Waals surface area contributed by atoms with Crippen molar-refractivity contribution in [2.24, 2.45) is 0 Å². The molecule has 0 atom stereocenters. The first-order valence-corrected chi connectivity index (χ1v) is 7.84. The van der Waals surface area contributed by atoms with Gasteiger partial charge in [-0.25, -0.2) is 0 Å². The number of imidazole rings is 1. The Morgan fingerprint density at radius 1 is 1.10 bits per heavy atom. The molecule has 0 saturated carbocycles. The Balaban J connectivity index is 2.25. The van der Waals surface area contributed by atoms with E-state index >= 15 is 0 Å². The number of nitrogens with zero attached hydrogens (tertiary/aromatic N) is 1. The van der Waals surface area contributed by atoms with E-state index in [9.17, 15) is 0 Å². The Kier molecular flexibility index (Phi) is 3.96. The summed E-state index contributed by atoms with van der Waals surface area (Å²) in [7, 11) is 0. The van der Waals surface area contributed by atoms with E-state index in [0.717, 1.165) is 20.5 Å². The van der Waals surface area contributed by atoms with Crippen LogP contribution >= 0.6 is 46.4 Å². The van der Waals surface area contributed by atoms with Gasteiger partial charge in [0.1, 0.15) is 0 Å². The van der Waals surface area contributed by atoms with Crippen molar-refractivity contribution < 1.29 is 0 Å². The molecule has 0 radical (unpaired) electrons. The Morgan fingerprint density at radius 3 is 2.55 bits per heavy atom. The number of aromatic amines is 1. The van der Waals surface area contributed by atoms with Gasteiger partial charge in [-0.15, -0.1) is 0 Å². The molecular weight excluding hydrogens is 403 g/mol. The summed E-state index contributed by atoms with van der Waals surface area (Å²) < 4.78 is 3.69. The topological polar surface area (TPSA) is 20.7 Å². The summed E-state index contributed by atoms with van der Waals surface area (Å²) in [5, 5.41) is 0.685. The Bertz CT molecular complexity index is 808. The van der Waals surface area contributed by atoms with Gasteiger partial charge in [0.05, 0.1) is 16.4 Å². The highest BCUT2D eigenvalue weighted by Gasteiger charge is 2.11. The summed E-state index contributed by atoms with van der Waals surface area (Å²) >= 11 is 14.0. The number of hydrogen-bond acceptors (Lipinski definition) is 1. The highest BCUT2D eigenvalue weighted by atomic mass is 127. The largest absolute Gasteiger partial charge is 0.336 e. The monoisotopic (exact) mass is 412 g/mol. The molecule has 5 heteroatoms. The summed E-state index contributed by atoms with van der Waals surface area (Å²) in [6.45, 7) is 0. The first-order chi connectivity index (χ1) is 9.66. The van der Waals surface area contributed by atoms with Crippen LogP contribution in [0.2, 0.25) is 5.02 Å². The number of hydrogen-bond donors (Lipinski definition) is 1. The number of benzene rings is 2. The lowest BCUT2D eigenvalue weighted by Crippen LogP contribution is -1.98. The zero-order chi connectivity index (χ0) is 14.1. The zero-order valence-corrected chi connectivity index (χ0v) is 14.0. The highest BCUT2D eigenvalue weighted by Crippen LogP contribution is 2.28. The minimum absolute atomic E-state index is 0.631. The van der Waals surface area contributed by atoms with Crippen LogP contribution < -0.4 is 0 Å². The van der Waals surface area contributed by atoms with Gasteiger partial charge in [-0.1, -0.05) is 41.9 Å². The fourth-order valence-corrected chi connectivity index (χ4v) is 3.29. The molecule has 3 aromatic rings. The lowest BCUT2D eigenvalue weighted by molar-refractivity contribution is 1.04. The molecule has 0 unspecified atom stereocenters. The predicted octanol–water partition coefficient (Wildman–Crippen LogP) is 5.46. The van der Waals surface area contributed by atoms with Gasteiger partial charge < -0.3 is 4.98 Å². The van der Waals surface area contributed by atoms with Crippen LogP contribution in [-0.4, -0.2) is 9.55 Å². The third kappa shape index (κ3) is 2.55. The van der Waals surface area contributed by atoms with Gasteiger partial charge >= 0.3 is 0 Å². The molecule has 0 aliphatic heterocycles. The molecule has 0 bridgehead atoms. The number of rotatable bonds is 2. The quantitative estimate of drug-likeness (QED) is 0.438. The van der Waals surface area contributed by atoms with Crippen molar-refractivity contribution in [3.63, 3.8) is 0 Å². The van der Waals surface area contributed by atoms with Crippen LogP contribution in [0.15, 0.2) is 54.7 Å². The Hall–Kier alpha value is -1.11. The van der Waals surface area contributed by atoms with E-state index < -0.39 is 0 Å². The standard InChI is InChI=1S/C15H10ClIN2S/c16-12-8-11(17)6-7-13(12)19-14(9-18-15(19)20)10-4-2-1-3-5-10/h1-9H,(H,18,20). The van der Waals surface area contributed by atoms with Crippen LogP contribution in [0.4, 0.5) is 0 Å². The molecule has 0 amide bonds. The molecule has 3 rings (SSSR count). The summed E-state index contributed by atoms with van der Waals surface area (Å²) in [4.78, 5) is 3.09. The maximum atomic E-state index is 6.37. The molecule has 1 aromatic heterocycles. The van der Waals surface area contributed by atoms with Gasteiger partial charge in [0.15, 0.2) is 4.77 Å². The smallest absolute Gasteiger partial charge is 0.182 e. The zero-order valence-electron chi connectivity index (χ0n) is 10.3. The molecule has 0 saturated heterocycles. The van der Waals surface area contributed by atoms with Crippen molar-refractivity contribution in [1.29, 1.82) is 0 Å². The maximum Gasteiger partial charge on any atom is 0.182 e. The molecule has 2 nitrogen and oxygen atoms in total. The molecule has 0 fully saturated rings. The van der Waals surface area contributed by atoms with E-state index in [1.54, 1.807) is 0 Å². The molecule has 1 N–H and O–H groups in total. The Morgan fingerprint density at radius 2 is 1.85 bits per heavy atom. The summed E-state index contributed by atoms with van der Waals surface area (Å²) in [5.41, 5.74) is 2.98. The van der Waals surface area contributed by atoms with E-state index in [1.807, 2.05) is 47.2 Å². The molecule has 0 aliphatic carbocycles. The second-order valence-corrected chi connectivity index (χ2v) is 6.32. The molecule has 2 aromatic carbocycles. The van der Waals surface area contributed by atoms with Gasteiger partial charge in [-0.2, -0.15) is 0 Å². The number of aromatic nitrogens is 2. The Labute approximate surface area is 140 Å². The SMILES string of the molecule is S=c1[nH]cc(-c2ccccc2)n1-c1ccc(I)cc1Cl. The summed E-state index contributed by atoms with van der Waals surface area (Å²) in [5.74, 6) is 0. The van der Waals surface area contributed by atoms with Crippen molar-refractivity contribution in [3.05, 3.63) is 68.1 Å². The minimum atomic E-state index is 0.631. The average molecular weight is 413 g/mol. The van der Waals surface area contributed by atoms with E-state index in [0.29, 0.717) is 9.79 Å². The molecule has 0 aliphatic rings. The summed E-state index contributed by atoms with van der Waals surface area (Å²) in [6, 6.07) is 16.0. The number of H-pyrrole nitrogens is 1. The van der Waals surface area contributed by atoms with Gasteiger partial charge in [0, 0.05) is 15.3 Å². The fourth-order valence-electron chi connectivity index (χ4n) is 2.09. The maximum absolute atomic E-state index is 6.37. The van der Waals surface area contributed by atoms with Crippen molar-refractivity contribution in [2.45, 2.75) is 0 Å². The van der Waals surface area contributed by atoms with E-state index in [-0.39, 0.29) is 0 Å². The number of nitrogens with one attached hydrogen (secondary N) is 1. The van der Waals surface area contributed by atoms with Crippen LogP contribution in [0.25, 0.3) is 16.9 Å². The van der Waals surface area contributed by atoms with Gasteiger partial charge in [0.2, 0.25) is 0 Å². The van der Waals surface area contributed by atoms with Gasteiger partial charge in [-0.05, 0) is 53.0 Å². The van der Waals surface area contributed by atoms with Crippen LogP contribution in [0.3, 0.4) is 0 Å². The first-order valence-electron chi connectivity index (χ1n) is 5.98. The fraction of sp³-hybridized carbons (Fsp3) is 0. The van der Waals surface area contributed by atoms with E-state index in [1.165, 1.54) is 0 Å². The molecule has 1 heterocycles. The lowest BCUT2D eigenvalue weighted by atomic mass is 10.1. The molecule has 20 heavy (non-hydrogen) atoms. The van der Waals surface area contributed by atoms with Crippen LogP contribution in [-0.2, 0) is 0 Å². The summed E-state index contributed by atoms with van der Waals surface area (Å²) in [6.07, 6.45) is 1.91. The van der Waals surface area contributed by atoms with Crippen molar-refractivity contribution in [3.8, 4) is 16.9 Å². The molecular formula is C15H10ClIN2S.